The van der Waals surface area contributed by atoms with Crippen LogP contribution in [-0.4, -0.2) is 13.1 Å². The molecule has 0 N–H and O–H groups in total. The van der Waals surface area contributed by atoms with Crippen LogP contribution in [0.4, 0.5) is 4.39 Å². The van der Waals surface area contributed by atoms with Gasteiger partial charge in [-0.1, -0.05) is 52.0 Å². The van der Waals surface area contributed by atoms with Gasteiger partial charge in [0.25, 0.3) is 0 Å². The molecule has 121 valence electrons. The second-order valence-electron chi connectivity index (χ2n) is 6.47. The zero-order valence-electron chi connectivity index (χ0n) is 17.5. The van der Waals surface area contributed by atoms with Gasteiger partial charge in [-0.05, 0) is 16.8 Å². The molecule has 0 aliphatic rings. The second kappa shape index (κ2) is 7.16. The van der Waals surface area contributed by atoms with Crippen molar-refractivity contribution in [1.82, 2.24) is 4.98 Å². The molecule has 0 amide bonds. The smallest absolute Gasteiger partial charge is 0.0799 e. The molecule has 0 saturated carbocycles. The molecule has 0 aliphatic heterocycles. The van der Waals surface area contributed by atoms with E-state index in [1.807, 2.05) is 0 Å². The van der Waals surface area contributed by atoms with Crippen molar-refractivity contribution >= 4 is 13.3 Å². The maximum Gasteiger partial charge on any atom is 0.0799 e. The van der Waals surface area contributed by atoms with Crippen molar-refractivity contribution in [3.05, 3.63) is 47.4 Å². The molecule has 0 bridgehead atoms. The van der Waals surface area contributed by atoms with Gasteiger partial charge in [0.15, 0.2) is 0 Å². The Morgan fingerprint density at radius 2 is 2.00 bits per heavy atom. The summed E-state index contributed by atoms with van der Waals surface area (Å²) in [6.45, 7) is 7.66. The molecule has 0 atom stereocenters. The minimum atomic E-state index is -2.47. The van der Waals surface area contributed by atoms with Crippen molar-refractivity contribution in [3.8, 4) is 11.3 Å². The first-order chi connectivity index (χ1) is 11.2. The van der Waals surface area contributed by atoms with Gasteiger partial charge in [-0.25, -0.2) is 0 Å². The van der Waals surface area contributed by atoms with Crippen molar-refractivity contribution in [2.24, 2.45) is 0 Å². The van der Waals surface area contributed by atoms with E-state index in [2.05, 4.69) is 30.7 Å². The molecule has 0 spiro atoms. The normalized spacial score (nSPS) is 15.2. The molecule has 0 fully saturated rings. The van der Waals surface area contributed by atoms with E-state index in [1.165, 1.54) is 0 Å². The minimum absolute atomic E-state index is 0. The van der Waals surface area contributed by atoms with Crippen LogP contribution < -0.4 is 5.19 Å². The molecule has 0 aliphatic carbocycles. The molecular weight excluding hydrogens is 470 g/mol. The average Bonchev–Trinajstić information content (AvgIpc) is 2.44. The summed E-state index contributed by atoms with van der Waals surface area (Å²) in [5, 5.41) is 1.06. The topological polar surface area (TPSA) is 12.9 Å². The van der Waals surface area contributed by atoms with Crippen LogP contribution in [0, 0.1) is 18.7 Å². The number of aromatic nitrogens is 1. The fourth-order valence-corrected chi connectivity index (χ4v) is 3.87. The van der Waals surface area contributed by atoms with Crippen molar-refractivity contribution in [2.45, 2.75) is 46.2 Å². The standard InChI is InChI=1S/C18H23FNSi.Ir/c1-12(2)16-10-17(20-11-18(16)21(4,5)6)15-8-7-14(19)9-13(15)3;/h7,9-12H,1-6H3;/q-1;/i3D3,12D;. The van der Waals surface area contributed by atoms with Gasteiger partial charge in [0, 0.05) is 37.6 Å². The molecule has 1 aromatic carbocycles. The van der Waals surface area contributed by atoms with E-state index in [1.54, 1.807) is 26.1 Å². The number of nitrogens with zero attached hydrogens (tertiary/aromatic N) is 1. The third-order valence-electron chi connectivity index (χ3n) is 3.41. The van der Waals surface area contributed by atoms with Gasteiger partial charge < -0.3 is 4.98 Å². The summed E-state index contributed by atoms with van der Waals surface area (Å²) in [7, 11) is -1.73. The van der Waals surface area contributed by atoms with Crippen LogP contribution in [0.3, 0.4) is 0 Å². The van der Waals surface area contributed by atoms with Crippen molar-refractivity contribution in [2.75, 3.05) is 0 Å². The molecule has 1 aromatic heterocycles. The monoisotopic (exact) mass is 497 g/mol. The van der Waals surface area contributed by atoms with E-state index in [-0.39, 0.29) is 31.2 Å². The van der Waals surface area contributed by atoms with E-state index in [0.29, 0.717) is 5.69 Å². The van der Waals surface area contributed by atoms with E-state index in [4.69, 9.17) is 5.48 Å². The zero-order chi connectivity index (χ0) is 19.2. The average molecular weight is 497 g/mol. The van der Waals surface area contributed by atoms with Crippen LogP contribution in [0.2, 0.25) is 19.6 Å². The van der Waals surface area contributed by atoms with Crippen LogP contribution in [-0.2, 0) is 20.1 Å². The molecular formula is C18H23FIrNSi-. The first-order valence-electron chi connectivity index (χ1n) is 8.94. The Hall–Kier alpha value is -0.834. The predicted octanol–water partition coefficient (Wildman–Crippen LogP) is 4.66. The van der Waals surface area contributed by atoms with Crippen molar-refractivity contribution < 1.29 is 30.0 Å². The first kappa shape index (κ1) is 13.6. The summed E-state index contributed by atoms with van der Waals surface area (Å²) in [4.78, 5) is 4.44. The summed E-state index contributed by atoms with van der Waals surface area (Å²) >= 11 is 0. The van der Waals surface area contributed by atoms with Crippen LogP contribution >= 0.6 is 0 Å². The summed E-state index contributed by atoms with van der Waals surface area (Å²) in [6.07, 6.45) is 1.74. The maximum atomic E-state index is 13.6. The molecule has 2 aromatic rings. The largest absolute Gasteiger partial charge is 0.305 e. The number of hydrogen-bond acceptors (Lipinski definition) is 1. The molecule has 4 heteroatoms. The van der Waals surface area contributed by atoms with Gasteiger partial charge in [0.1, 0.15) is 0 Å². The summed E-state index contributed by atoms with van der Waals surface area (Å²) in [6, 6.07) is 6.61. The molecule has 22 heavy (non-hydrogen) atoms. The fraction of sp³-hybridized carbons (Fsp3) is 0.389. The Morgan fingerprint density at radius 1 is 1.32 bits per heavy atom. The van der Waals surface area contributed by atoms with E-state index in [0.717, 1.165) is 22.9 Å². The van der Waals surface area contributed by atoms with Crippen LogP contribution in [0.1, 0.15) is 36.4 Å². The van der Waals surface area contributed by atoms with Crippen LogP contribution in [0.25, 0.3) is 11.3 Å². The van der Waals surface area contributed by atoms with Crippen molar-refractivity contribution in [3.63, 3.8) is 0 Å². The summed E-state index contributed by atoms with van der Waals surface area (Å²) in [5.41, 5.74) is 1.37. The van der Waals surface area contributed by atoms with Gasteiger partial charge in [-0.15, -0.1) is 29.3 Å². The minimum Gasteiger partial charge on any atom is -0.305 e. The number of benzene rings is 1. The number of pyridine rings is 1. The number of aryl methyl sites for hydroxylation is 1. The Labute approximate surface area is 153 Å². The molecule has 0 unspecified atom stereocenters. The number of halogens is 1. The molecule has 2 rings (SSSR count). The second-order valence-corrected chi connectivity index (χ2v) is 11.5. The van der Waals surface area contributed by atoms with E-state index >= 15 is 0 Å². The van der Waals surface area contributed by atoms with Crippen molar-refractivity contribution in [1.29, 1.82) is 0 Å². The van der Waals surface area contributed by atoms with Crippen LogP contribution in [0.15, 0.2) is 24.4 Å². The van der Waals surface area contributed by atoms with E-state index in [9.17, 15) is 4.39 Å². The third kappa shape index (κ3) is 4.12. The Kier molecular flexibility index (Phi) is 4.42. The molecule has 1 nitrogen and oxygen atoms in total. The zero-order valence-corrected chi connectivity index (χ0v) is 16.9. The van der Waals surface area contributed by atoms with Gasteiger partial charge in [-0.3, -0.25) is 4.39 Å². The Balaban J connectivity index is 0.00000338. The summed E-state index contributed by atoms with van der Waals surface area (Å²) in [5.74, 6) is -1.50. The number of rotatable bonds is 3. The fourth-order valence-electron chi connectivity index (χ4n) is 2.29. The SMILES string of the molecule is [2H]C([2H])([2H])c1cc(F)c[c-]c1-c1cc(C([2H])(C)C)c([Si](C)(C)C)cn1.[Ir]. The van der Waals surface area contributed by atoms with Crippen LogP contribution in [0.5, 0.6) is 0 Å². The number of hydrogen-bond donors (Lipinski definition) is 0. The quantitative estimate of drug-likeness (QED) is 0.445. The summed E-state index contributed by atoms with van der Waals surface area (Å²) < 4.78 is 45.0. The van der Waals surface area contributed by atoms with Gasteiger partial charge in [0.05, 0.1) is 8.07 Å². The van der Waals surface area contributed by atoms with Gasteiger partial charge in [-0.2, -0.15) is 0 Å². The maximum absolute atomic E-state index is 13.6. The third-order valence-corrected chi connectivity index (χ3v) is 5.43. The van der Waals surface area contributed by atoms with Gasteiger partial charge >= 0.3 is 0 Å². The molecule has 1 heterocycles. The van der Waals surface area contributed by atoms with Gasteiger partial charge in [0.2, 0.25) is 0 Å². The van der Waals surface area contributed by atoms with E-state index < -0.39 is 26.6 Å². The molecule has 1 radical (unpaired) electrons. The Morgan fingerprint density at radius 3 is 2.55 bits per heavy atom. The molecule has 0 saturated heterocycles. The predicted molar refractivity (Wildman–Crippen MR) is 90.3 cm³/mol. The first-order valence-corrected chi connectivity index (χ1v) is 10.4. The Bertz CT molecular complexity index is 795.